The van der Waals surface area contributed by atoms with E-state index in [9.17, 15) is 14.4 Å². The van der Waals surface area contributed by atoms with E-state index in [-0.39, 0.29) is 22.5 Å². The molecule has 4 rings (SSSR count). The van der Waals surface area contributed by atoms with Crippen LogP contribution in [-0.4, -0.2) is 21.6 Å². The first-order chi connectivity index (χ1) is 13.4. The zero-order chi connectivity index (χ0) is 19.8. The van der Waals surface area contributed by atoms with Gasteiger partial charge in [-0.1, -0.05) is 23.7 Å². The van der Waals surface area contributed by atoms with Crippen LogP contribution in [0.4, 0.5) is 5.69 Å². The molecule has 4 aromatic rings. The molecule has 0 unspecified atom stereocenters. The van der Waals surface area contributed by atoms with Gasteiger partial charge in [-0.3, -0.25) is 14.3 Å². The van der Waals surface area contributed by atoms with Crippen LogP contribution in [0.1, 0.15) is 10.4 Å². The van der Waals surface area contributed by atoms with Gasteiger partial charge in [0.05, 0.1) is 22.3 Å². The van der Waals surface area contributed by atoms with Crippen molar-refractivity contribution in [2.45, 2.75) is 6.54 Å². The van der Waals surface area contributed by atoms with Crippen LogP contribution in [0.2, 0.25) is 5.02 Å². The van der Waals surface area contributed by atoms with E-state index in [4.69, 9.17) is 21.8 Å². The highest BCUT2D eigenvalue weighted by Gasteiger charge is 2.15. The fourth-order valence-corrected chi connectivity index (χ4v) is 3.18. The highest BCUT2D eigenvalue weighted by Crippen LogP contribution is 2.23. The second-order valence-electron chi connectivity index (χ2n) is 6.06. The molecule has 28 heavy (non-hydrogen) atoms. The molecule has 2 heterocycles. The fraction of sp³-hybridized carbons (Fsp3) is 0.0526. The standard InChI is InChI=1S/C19H13ClN4O4/c20-14-6-5-10(7-12(14)18(21)26)23-16(25)9-24-17-11-3-1-2-4-15(11)28-19(27)13(17)8-22-24/h1-8H,9H2,(H2,21,26)(H,23,25). The predicted molar refractivity (Wildman–Crippen MR) is 104 cm³/mol. The third kappa shape index (κ3) is 3.10. The van der Waals surface area contributed by atoms with E-state index >= 15 is 0 Å². The maximum absolute atomic E-state index is 12.5. The molecule has 9 heteroatoms. The third-order valence-corrected chi connectivity index (χ3v) is 4.54. The molecular weight excluding hydrogens is 384 g/mol. The molecular formula is C19H13ClN4O4. The number of carbonyl (C=O) groups is 2. The van der Waals surface area contributed by atoms with Gasteiger partial charge in [-0.15, -0.1) is 0 Å². The minimum Gasteiger partial charge on any atom is -0.422 e. The van der Waals surface area contributed by atoms with Crippen molar-refractivity contribution in [2.24, 2.45) is 5.73 Å². The van der Waals surface area contributed by atoms with Crippen LogP contribution in [0.25, 0.3) is 21.9 Å². The Morgan fingerprint density at radius 1 is 1.18 bits per heavy atom. The highest BCUT2D eigenvalue weighted by atomic mass is 35.5. The molecule has 0 bridgehead atoms. The van der Waals surface area contributed by atoms with Gasteiger partial charge in [-0.25, -0.2) is 4.79 Å². The summed E-state index contributed by atoms with van der Waals surface area (Å²) in [4.78, 5) is 36.0. The number of nitrogens with zero attached hydrogens (tertiary/aromatic N) is 2. The van der Waals surface area contributed by atoms with Crippen molar-refractivity contribution >= 4 is 51.0 Å². The maximum Gasteiger partial charge on any atom is 0.347 e. The van der Waals surface area contributed by atoms with E-state index in [1.165, 1.54) is 23.0 Å². The number of rotatable bonds is 4. The number of nitrogens with two attached hydrogens (primary N) is 1. The zero-order valence-electron chi connectivity index (χ0n) is 14.3. The van der Waals surface area contributed by atoms with Gasteiger partial charge in [0.1, 0.15) is 17.5 Å². The number of anilines is 1. The number of aromatic nitrogens is 2. The normalized spacial score (nSPS) is 11.0. The summed E-state index contributed by atoms with van der Waals surface area (Å²) in [7, 11) is 0. The lowest BCUT2D eigenvalue weighted by molar-refractivity contribution is -0.116. The summed E-state index contributed by atoms with van der Waals surface area (Å²) in [6.07, 6.45) is 1.37. The Labute approximate surface area is 162 Å². The van der Waals surface area contributed by atoms with E-state index in [0.29, 0.717) is 22.2 Å². The van der Waals surface area contributed by atoms with Gasteiger partial charge >= 0.3 is 5.63 Å². The molecule has 0 spiro atoms. The Hall–Kier alpha value is -3.65. The highest BCUT2D eigenvalue weighted by molar-refractivity contribution is 6.34. The SMILES string of the molecule is NC(=O)c1cc(NC(=O)Cn2ncc3c(=O)oc4ccccc4c32)ccc1Cl. The number of benzene rings is 2. The smallest absolute Gasteiger partial charge is 0.347 e. The average molecular weight is 397 g/mol. The molecule has 140 valence electrons. The van der Waals surface area contributed by atoms with Crippen LogP contribution in [0.3, 0.4) is 0 Å². The summed E-state index contributed by atoms with van der Waals surface area (Å²) in [5, 5.41) is 7.96. The number of primary amides is 1. The van der Waals surface area contributed by atoms with Gasteiger partial charge in [-0.05, 0) is 30.3 Å². The molecule has 0 radical (unpaired) electrons. The van der Waals surface area contributed by atoms with Crippen molar-refractivity contribution in [1.29, 1.82) is 0 Å². The number of para-hydroxylation sites is 1. The van der Waals surface area contributed by atoms with E-state index < -0.39 is 17.4 Å². The predicted octanol–water partition coefficient (Wildman–Crippen LogP) is 2.53. The first-order valence-corrected chi connectivity index (χ1v) is 8.58. The average Bonchev–Trinajstić information content (AvgIpc) is 3.07. The molecule has 8 nitrogen and oxygen atoms in total. The van der Waals surface area contributed by atoms with Crippen molar-refractivity contribution in [3.63, 3.8) is 0 Å². The zero-order valence-corrected chi connectivity index (χ0v) is 15.1. The number of hydrogen-bond acceptors (Lipinski definition) is 5. The van der Waals surface area contributed by atoms with E-state index in [1.54, 1.807) is 30.3 Å². The minimum atomic E-state index is -0.697. The van der Waals surface area contributed by atoms with Crippen molar-refractivity contribution in [2.75, 3.05) is 5.32 Å². The van der Waals surface area contributed by atoms with E-state index in [0.717, 1.165) is 0 Å². The van der Waals surface area contributed by atoms with Crippen LogP contribution < -0.4 is 16.7 Å². The Morgan fingerprint density at radius 2 is 1.96 bits per heavy atom. The quantitative estimate of drug-likeness (QED) is 0.513. The van der Waals surface area contributed by atoms with E-state index in [1.807, 2.05) is 0 Å². The second kappa shape index (κ2) is 6.82. The molecule has 3 N–H and O–H groups in total. The summed E-state index contributed by atoms with van der Waals surface area (Å²) in [6, 6.07) is 11.4. The lowest BCUT2D eigenvalue weighted by Gasteiger charge is -2.09. The lowest BCUT2D eigenvalue weighted by Crippen LogP contribution is -2.20. The molecule has 0 saturated heterocycles. The molecule has 2 aromatic heterocycles. The van der Waals surface area contributed by atoms with Crippen LogP contribution in [0.5, 0.6) is 0 Å². The molecule has 0 atom stereocenters. The Morgan fingerprint density at radius 3 is 2.75 bits per heavy atom. The van der Waals surface area contributed by atoms with Crippen molar-refractivity contribution in [3.8, 4) is 0 Å². The van der Waals surface area contributed by atoms with Gasteiger partial charge in [0.25, 0.3) is 0 Å². The van der Waals surface area contributed by atoms with Crippen LogP contribution >= 0.6 is 11.6 Å². The summed E-state index contributed by atoms with van der Waals surface area (Å²) in [5.41, 5.74) is 6.13. The number of amides is 2. The largest absolute Gasteiger partial charge is 0.422 e. The van der Waals surface area contributed by atoms with E-state index in [2.05, 4.69) is 10.4 Å². The first kappa shape index (κ1) is 17.7. The van der Waals surface area contributed by atoms with Gasteiger partial charge in [0, 0.05) is 11.1 Å². The lowest BCUT2D eigenvalue weighted by atomic mass is 10.2. The maximum atomic E-state index is 12.5. The number of carbonyl (C=O) groups excluding carboxylic acids is 2. The van der Waals surface area contributed by atoms with Crippen molar-refractivity contribution in [3.05, 3.63) is 69.7 Å². The van der Waals surface area contributed by atoms with Crippen LogP contribution in [-0.2, 0) is 11.3 Å². The van der Waals surface area contributed by atoms with Gasteiger partial charge in [0.15, 0.2) is 0 Å². The second-order valence-corrected chi connectivity index (χ2v) is 6.46. The molecule has 0 fully saturated rings. The monoisotopic (exact) mass is 396 g/mol. The van der Waals surface area contributed by atoms with Crippen molar-refractivity contribution in [1.82, 2.24) is 9.78 Å². The summed E-state index contributed by atoms with van der Waals surface area (Å²) in [6.45, 7) is -0.147. The number of fused-ring (bicyclic) bond motifs is 3. The number of halogens is 1. The Bertz CT molecular complexity index is 1310. The molecule has 0 saturated carbocycles. The Balaban J connectivity index is 1.67. The first-order valence-electron chi connectivity index (χ1n) is 8.20. The summed E-state index contributed by atoms with van der Waals surface area (Å²) in [5.74, 6) is -1.10. The minimum absolute atomic E-state index is 0.104. The molecule has 2 amide bonds. The summed E-state index contributed by atoms with van der Waals surface area (Å²) < 4.78 is 6.70. The third-order valence-electron chi connectivity index (χ3n) is 4.21. The molecule has 0 aliphatic rings. The molecule has 0 aliphatic carbocycles. The Kier molecular flexibility index (Phi) is 4.32. The van der Waals surface area contributed by atoms with Gasteiger partial charge in [0.2, 0.25) is 11.8 Å². The topological polar surface area (TPSA) is 120 Å². The van der Waals surface area contributed by atoms with Crippen LogP contribution in [0, 0.1) is 0 Å². The number of nitrogens with one attached hydrogen (secondary N) is 1. The molecule has 2 aromatic carbocycles. The molecule has 0 aliphatic heterocycles. The fourth-order valence-electron chi connectivity index (χ4n) is 2.97. The van der Waals surface area contributed by atoms with Gasteiger partial charge < -0.3 is 15.5 Å². The summed E-state index contributed by atoms with van der Waals surface area (Å²) >= 11 is 5.91. The van der Waals surface area contributed by atoms with Crippen molar-refractivity contribution < 1.29 is 14.0 Å². The number of hydrogen-bond donors (Lipinski definition) is 2. The van der Waals surface area contributed by atoms with Gasteiger partial charge in [-0.2, -0.15) is 5.10 Å². The van der Waals surface area contributed by atoms with Crippen LogP contribution in [0.15, 0.2) is 57.9 Å².